The van der Waals surface area contributed by atoms with Gasteiger partial charge in [-0.2, -0.15) is 0 Å². The highest BCUT2D eigenvalue weighted by molar-refractivity contribution is 8.00. The number of piperazine rings is 1. The molecule has 0 spiro atoms. The van der Waals surface area contributed by atoms with Crippen LogP contribution in [-0.2, 0) is 5.54 Å². The fourth-order valence-electron chi connectivity index (χ4n) is 5.03. The first kappa shape index (κ1) is 23.3. The minimum Gasteiger partial charge on any atom is -0.335 e. The molecular weight excluding hydrogens is 490 g/mol. The Labute approximate surface area is 219 Å². The van der Waals surface area contributed by atoms with Gasteiger partial charge in [-0.05, 0) is 66.8 Å². The predicted molar refractivity (Wildman–Crippen MR) is 145 cm³/mol. The molecule has 6 nitrogen and oxygen atoms in total. The fraction of sp³-hybridized carbons (Fsp3) is 0.250. The molecule has 182 valence electrons. The molecule has 1 N–H and O–H groups in total. The predicted octanol–water partition coefficient (Wildman–Crippen LogP) is 5.85. The van der Waals surface area contributed by atoms with Gasteiger partial charge in [0.15, 0.2) is 0 Å². The summed E-state index contributed by atoms with van der Waals surface area (Å²) < 4.78 is 3.47. The summed E-state index contributed by atoms with van der Waals surface area (Å²) in [6.45, 7) is 3.15. The molecule has 2 aromatic heterocycles. The number of nitrogens with one attached hydrogen (secondary N) is 1. The lowest BCUT2D eigenvalue weighted by Gasteiger charge is -2.40. The van der Waals surface area contributed by atoms with Crippen molar-refractivity contribution in [2.24, 2.45) is 0 Å². The number of carbonyl (C=O) groups excluding carboxylic acids is 1. The van der Waals surface area contributed by atoms with Gasteiger partial charge in [-0.1, -0.05) is 41.9 Å². The maximum Gasteiger partial charge on any atom is 0.272 e. The number of hydrogen-bond donors (Lipinski definition) is 1. The SMILES string of the molecule is O=C(c1ccc(Cl)cn1)N1CCN(C2(c3ccc(NSc4cccc5cccnc45)cc3)CC2)CC1. The number of fused-ring (bicyclic) bond motifs is 1. The van der Waals surface area contributed by atoms with E-state index in [0.29, 0.717) is 23.8 Å². The van der Waals surface area contributed by atoms with Crippen molar-refractivity contribution in [1.29, 1.82) is 0 Å². The van der Waals surface area contributed by atoms with E-state index in [1.54, 1.807) is 24.1 Å². The maximum atomic E-state index is 12.8. The van der Waals surface area contributed by atoms with Crippen LogP contribution in [0.25, 0.3) is 10.9 Å². The number of benzene rings is 2. The monoisotopic (exact) mass is 515 g/mol. The van der Waals surface area contributed by atoms with E-state index in [9.17, 15) is 4.79 Å². The second-order valence-corrected chi connectivity index (χ2v) is 10.6. The molecule has 0 unspecified atom stereocenters. The molecule has 0 bridgehead atoms. The van der Waals surface area contributed by atoms with Gasteiger partial charge in [0.1, 0.15) is 5.69 Å². The van der Waals surface area contributed by atoms with Gasteiger partial charge >= 0.3 is 0 Å². The van der Waals surface area contributed by atoms with E-state index in [4.69, 9.17) is 11.6 Å². The Kier molecular flexibility index (Phi) is 6.29. The Balaban J connectivity index is 1.08. The normalized spacial score (nSPS) is 17.2. The van der Waals surface area contributed by atoms with Crippen LogP contribution >= 0.6 is 23.5 Å². The van der Waals surface area contributed by atoms with Crippen molar-refractivity contribution in [3.05, 3.63) is 95.4 Å². The molecule has 0 radical (unpaired) electrons. The van der Waals surface area contributed by atoms with E-state index in [1.807, 2.05) is 17.2 Å². The van der Waals surface area contributed by atoms with Crippen molar-refractivity contribution in [1.82, 2.24) is 19.8 Å². The van der Waals surface area contributed by atoms with Crippen molar-refractivity contribution in [3.8, 4) is 0 Å². The third-order valence-corrected chi connectivity index (χ3v) is 8.25. The molecule has 6 rings (SSSR count). The number of hydrogen-bond acceptors (Lipinski definition) is 6. The van der Waals surface area contributed by atoms with Gasteiger partial charge in [0.2, 0.25) is 0 Å². The first-order chi connectivity index (χ1) is 17.6. The van der Waals surface area contributed by atoms with Crippen LogP contribution in [0.1, 0.15) is 28.9 Å². The van der Waals surface area contributed by atoms with Crippen LogP contribution in [0.3, 0.4) is 0 Å². The molecule has 8 heteroatoms. The minimum absolute atomic E-state index is 0.0227. The molecule has 3 heterocycles. The molecule has 1 saturated carbocycles. The number of nitrogens with zero attached hydrogens (tertiary/aromatic N) is 4. The highest BCUT2D eigenvalue weighted by Crippen LogP contribution is 2.51. The van der Waals surface area contributed by atoms with Gasteiger partial charge in [-0.3, -0.25) is 14.7 Å². The van der Waals surface area contributed by atoms with Crippen LogP contribution in [0.5, 0.6) is 0 Å². The quantitative estimate of drug-likeness (QED) is 0.325. The molecule has 1 saturated heterocycles. The van der Waals surface area contributed by atoms with Gasteiger partial charge in [0.25, 0.3) is 5.91 Å². The highest BCUT2D eigenvalue weighted by Gasteiger charge is 2.50. The average molecular weight is 516 g/mol. The summed E-state index contributed by atoms with van der Waals surface area (Å²) in [6, 6.07) is 22.5. The maximum absolute atomic E-state index is 12.8. The molecular formula is C28H26ClN5OS. The molecule has 4 aromatic rings. The Morgan fingerprint density at radius 1 is 0.917 bits per heavy atom. The van der Waals surface area contributed by atoms with E-state index in [2.05, 4.69) is 68.1 Å². The summed E-state index contributed by atoms with van der Waals surface area (Å²) in [5.74, 6) is -0.0227. The zero-order valence-electron chi connectivity index (χ0n) is 19.7. The fourth-order valence-corrected chi connectivity index (χ4v) is 5.92. The number of rotatable bonds is 6. The number of para-hydroxylation sites is 1. The number of carbonyl (C=O) groups is 1. The van der Waals surface area contributed by atoms with E-state index in [0.717, 1.165) is 47.4 Å². The van der Waals surface area contributed by atoms with Crippen LogP contribution < -0.4 is 4.72 Å². The first-order valence-corrected chi connectivity index (χ1v) is 13.3. The number of aromatic nitrogens is 2. The van der Waals surface area contributed by atoms with Crippen molar-refractivity contribution in [2.75, 3.05) is 30.9 Å². The molecule has 1 aliphatic carbocycles. The third kappa shape index (κ3) is 4.54. The second-order valence-electron chi connectivity index (χ2n) is 9.29. The lowest BCUT2D eigenvalue weighted by Crippen LogP contribution is -2.52. The van der Waals surface area contributed by atoms with E-state index in [-0.39, 0.29) is 11.4 Å². The lowest BCUT2D eigenvalue weighted by molar-refractivity contribution is 0.0526. The third-order valence-electron chi connectivity index (χ3n) is 7.14. The Morgan fingerprint density at radius 2 is 1.69 bits per heavy atom. The Morgan fingerprint density at radius 3 is 2.42 bits per heavy atom. The molecule has 1 amide bonds. The summed E-state index contributed by atoms with van der Waals surface area (Å²) in [4.78, 5) is 27.1. The standard InChI is InChI=1S/C28H26ClN5OS/c29-22-8-11-24(31-19-22)27(35)33-15-17-34(18-16-33)28(12-13-28)21-6-9-23(10-7-21)32-36-25-5-1-3-20-4-2-14-30-26(20)25/h1-11,14,19,32H,12-13,15-18H2. The van der Waals surface area contributed by atoms with Gasteiger partial charge in [0, 0.05) is 55.2 Å². The average Bonchev–Trinajstić information content (AvgIpc) is 3.74. The smallest absolute Gasteiger partial charge is 0.272 e. The highest BCUT2D eigenvalue weighted by atomic mass is 35.5. The molecule has 1 aliphatic heterocycles. The topological polar surface area (TPSA) is 61.4 Å². The molecule has 2 aromatic carbocycles. The van der Waals surface area contributed by atoms with Crippen molar-refractivity contribution in [3.63, 3.8) is 0 Å². The van der Waals surface area contributed by atoms with Crippen molar-refractivity contribution in [2.45, 2.75) is 23.3 Å². The van der Waals surface area contributed by atoms with Crippen molar-refractivity contribution >= 4 is 46.0 Å². The van der Waals surface area contributed by atoms with E-state index >= 15 is 0 Å². The molecule has 2 aliphatic rings. The number of amides is 1. The largest absolute Gasteiger partial charge is 0.335 e. The second kappa shape index (κ2) is 9.73. The van der Waals surface area contributed by atoms with Crippen molar-refractivity contribution < 1.29 is 4.79 Å². The zero-order valence-corrected chi connectivity index (χ0v) is 21.3. The van der Waals surface area contributed by atoms with Crippen LogP contribution in [-0.4, -0.2) is 51.9 Å². The molecule has 36 heavy (non-hydrogen) atoms. The molecule has 0 atom stereocenters. The van der Waals surface area contributed by atoms with Gasteiger partial charge < -0.3 is 9.62 Å². The minimum atomic E-state index is -0.0227. The number of anilines is 1. The Bertz CT molecular complexity index is 1380. The van der Waals surface area contributed by atoms with Gasteiger partial charge in [-0.15, -0.1) is 0 Å². The molecule has 2 fully saturated rings. The lowest BCUT2D eigenvalue weighted by atomic mass is 10.0. The van der Waals surface area contributed by atoms with Crippen LogP contribution in [0, 0.1) is 0 Å². The Hall–Kier alpha value is -3.13. The van der Waals surface area contributed by atoms with E-state index in [1.165, 1.54) is 11.8 Å². The van der Waals surface area contributed by atoms with E-state index < -0.39 is 0 Å². The number of pyridine rings is 2. The number of halogens is 1. The van der Waals surface area contributed by atoms with Crippen LogP contribution in [0.2, 0.25) is 5.02 Å². The summed E-state index contributed by atoms with van der Waals surface area (Å²) in [5.41, 5.74) is 3.98. The van der Waals surface area contributed by atoms with Crippen LogP contribution in [0.15, 0.2) is 84.0 Å². The summed E-state index contributed by atoms with van der Waals surface area (Å²) in [5, 5.41) is 1.68. The summed E-state index contributed by atoms with van der Waals surface area (Å²) in [6.07, 6.45) is 5.67. The van der Waals surface area contributed by atoms with Gasteiger partial charge in [-0.25, -0.2) is 4.98 Å². The van der Waals surface area contributed by atoms with Gasteiger partial charge in [0.05, 0.1) is 15.4 Å². The summed E-state index contributed by atoms with van der Waals surface area (Å²) in [7, 11) is 0. The summed E-state index contributed by atoms with van der Waals surface area (Å²) >= 11 is 7.50. The zero-order chi connectivity index (χ0) is 24.5. The first-order valence-electron chi connectivity index (χ1n) is 12.2. The van der Waals surface area contributed by atoms with Crippen LogP contribution in [0.4, 0.5) is 5.69 Å².